The Hall–Kier alpha value is -2.58. The van der Waals surface area contributed by atoms with E-state index in [9.17, 15) is 24.9 Å². The Balaban J connectivity index is 1.73. The Kier molecular flexibility index (Phi) is 9.53. The maximum atomic E-state index is 12.0. The summed E-state index contributed by atoms with van der Waals surface area (Å²) in [7, 11) is 0. The van der Waals surface area contributed by atoms with Crippen LogP contribution in [-0.2, 0) is 12.8 Å². The second kappa shape index (κ2) is 11.7. The monoisotopic (exact) mass is 479 g/mol. The molecule has 0 aliphatic carbocycles. The first-order valence-electron chi connectivity index (χ1n) is 11.8. The Bertz CT molecular complexity index is 1030. The van der Waals surface area contributed by atoms with Crippen molar-refractivity contribution in [2.45, 2.75) is 91.3 Å². The summed E-state index contributed by atoms with van der Waals surface area (Å²) in [6.45, 7) is 8.08. The Morgan fingerprint density at radius 1 is 0.882 bits per heavy atom. The fourth-order valence-electron chi connectivity index (χ4n) is 4.07. The first-order chi connectivity index (χ1) is 15.8. The number of hydrogen-bond donors (Lipinski definition) is 3. The quantitative estimate of drug-likeness (QED) is 0.372. The number of hydrogen-bond acceptors (Lipinski definition) is 7. The fraction of sp³-hybridized carbons (Fsp3) is 0.615. The molecule has 0 aliphatic heterocycles. The van der Waals surface area contributed by atoms with Gasteiger partial charge >= 0.3 is 5.75 Å². The van der Waals surface area contributed by atoms with Crippen molar-refractivity contribution in [2.24, 2.45) is 10.8 Å². The van der Waals surface area contributed by atoms with E-state index in [1.807, 2.05) is 27.7 Å². The van der Waals surface area contributed by atoms with Crippen molar-refractivity contribution in [1.82, 2.24) is 0 Å². The van der Waals surface area contributed by atoms with Crippen LogP contribution in [0.4, 0.5) is 0 Å². The topological polar surface area (TPSA) is 144 Å². The standard InChI is InChI=1S/C26H38O8/c1-25(2,12-17-14-33-15-23(31)24(17)32)9-7-18(27)5-6-19(28)8-10-26(3,4)13-20-11-21(29)22(30)16-34-20/h11,14-16,18-19,27-28,30-31H,5-10,12-13H2,1-4H3/p+1. The Morgan fingerprint density at radius 3 is 2.00 bits per heavy atom. The summed E-state index contributed by atoms with van der Waals surface area (Å²) in [4.78, 5) is 23.6. The van der Waals surface area contributed by atoms with Gasteiger partial charge in [0.15, 0.2) is 12.0 Å². The van der Waals surface area contributed by atoms with Gasteiger partial charge in [0.05, 0.1) is 18.5 Å². The average molecular weight is 480 g/mol. The molecule has 0 spiro atoms. The summed E-state index contributed by atoms with van der Waals surface area (Å²) in [5.41, 5.74) is -0.838. The van der Waals surface area contributed by atoms with Gasteiger partial charge in [0.25, 0.3) is 5.43 Å². The van der Waals surface area contributed by atoms with Gasteiger partial charge in [0.1, 0.15) is 12.0 Å². The lowest BCUT2D eigenvalue weighted by molar-refractivity contribution is 0.0875. The molecular formula is C26H39O8+. The first kappa shape index (κ1) is 27.7. The lowest BCUT2D eigenvalue weighted by Gasteiger charge is -2.27. The zero-order valence-corrected chi connectivity index (χ0v) is 20.6. The van der Waals surface area contributed by atoms with Gasteiger partial charge in [0, 0.05) is 18.1 Å². The van der Waals surface area contributed by atoms with Crippen LogP contribution in [0.3, 0.4) is 0 Å². The van der Waals surface area contributed by atoms with E-state index in [0.717, 1.165) is 18.9 Å². The highest BCUT2D eigenvalue weighted by atomic mass is 16.4. The van der Waals surface area contributed by atoms with Crippen LogP contribution in [0.15, 0.2) is 43.3 Å². The summed E-state index contributed by atoms with van der Waals surface area (Å²) in [6, 6.07) is 1.35. The lowest BCUT2D eigenvalue weighted by atomic mass is 9.80. The smallest absolute Gasteiger partial charge is 0.338 e. The predicted octanol–water partition coefficient (Wildman–Crippen LogP) is 3.64. The van der Waals surface area contributed by atoms with Gasteiger partial charge in [-0.2, -0.15) is 0 Å². The molecule has 0 fully saturated rings. The van der Waals surface area contributed by atoms with Crippen molar-refractivity contribution >= 4 is 0 Å². The van der Waals surface area contributed by atoms with Crippen LogP contribution in [0.1, 0.15) is 77.5 Å². The third-order valence-corrected chi connectivity index (χ3v) is 6.26. The SMILES string of the molecule is CC(C)(CCC(O)CCC(O)CCC(C)(C)Cc1cocc(O)c1=O)Cc1cc(=O)c([OH2+])co1. The van der Waals surface area contributed by atoms with Crippen LogP contribution < -0.4 is 10.9 Å². The van der Waals surface area contributed by atoms with Crippen molar-refractivity contribution in [3.8, 4) is 11.5 Å². The molecule has 0 bridgehead atoms. The molecule has 8 heteroatoms. The summed E-state index contributed by atoms with van der Waals surface area (Å²) < 4.78 is 10.3. The van der Waals surface area contributed by atoms with E-state index in [2.05, 4.69) is 0 Å². The second-order valence-electron chi connectivity index (χ2n) is 10.9. The number of rotatable bonds is 13. The third-order valence-electron chi connectivity index (χ3n) is 6.26. The summed E-state index contributed by atoms with van der Waals surface area (Å²) in [5, 5.41) is 37.8. The van der Waals surface area contributed by atoms with Crippen molar-refractivity contribution in [3.05, 3.63) is 56.6 Å². The maximum Gasteiger partial charge on any atom is 0.338 e. The van der Waals surface area contributed by atoms with Crippen molar-refractivity contribution < 1.29 is 29.3 Å². The van der Waals surface area contributed by atoms with E-state index < -0.39 is 23.4 Å². The maximum absolute atomic E-state index is 12.0. The van der Waals surface area contributed by atoms with Crippen molar-refractivity contribution in [1.29, 1.82) is 0 Å². The molecule has 5 N–H and O–H groups in total. The van der Waals surface area contributed by atoms with Crippen LogP contribution >= 0.6 is 0 Å². The van der Waals surface area contributed by atoms with E-state index in [-0.39, 0.29) is 22.0 Å². The van der Waals surface area contributed by atoms with E-state index in [1.165, 1.54) is 12.3 Å². The molecule has 2 heterocycles. The molecule has 8 nitrogen and oxygen atoms in total. The molecule has 0 saturated heterocycles. The number of aromatic hydroxyl groups is 1. The van der Waals surface area contributed by atoms with Crippen molar-refractivity contribution in [3.63, 3.8) is 0 Å². The van der Waals surface area contributed by atoms with Crippen LogP contribution in [-0.4, -0.2) is 32.6 Å². The fourth-order valence-corrected chi connectivity index (χ4v) is 4.07. The summed E-state index contributed by atoms with van der Waals surface area (Å²) >= 11 is 0. The predicted molar refractivity (Wildman–Crippen MR) is 129 cm³/mol. The zero-order chi connectivity index (χ0) is 25.5. The molecule has 0 aromatic carbocycles. The number of aliphatic hydroxyl groups excluding tert-OH is 2. The van der Waals surface area contributed by atoms with Gasteiger partial charge in [-0.3, -0.25) is 9.59 Å². The highest BCUT2D eigenvalue weighted by Crippen LogP contribution is 2.30. The van der Waals surface area contributed by atoms with E-state index in [4.69, 9.17) is 13.9 Å². The molecular weight excluding hydrogens is 440 g/mol. The molecule has 0 radical (unpaired) electrons. The molecule has 2 aromatic heterocycles. The van der Waals surface area contributed by atoms with Gasteiger partial charge in [-0.25, -0.2) is 0 Å². The molecule has 0 aliphatic rings. The molecule has 34 heavy (non-hydrogen) atoms. The minimum atomic E-state index is -0.555. The van der Waals surface area contributed by atoms with Crippen LogP contribution in [0.2, 0.25) is 0 Å². The van der Waals surface area contributed by atoms with E-state index >= 15 is 0 Å². The normalized spacial score (nSPS) is 14.2. The zero-order valence-electron chi connectivity index (χ0n) is 20.6. The largest absolute Gasteiger partial charge is 0.588 e. The Labute approximate surface area is 199 Å². The van der Waals surface area contributed by atoms with E-state index in [1.54, 1.807) is 0 Å². The van der Waals surface area contributed by atoms with Gasteiger partial charge in [-0.1, -0.05) is 27.7 Å². The molecule has 2 atom stereocenters. The molecule has 2 rings (SSSR count). The molecule has 2 aromatic rings. The minimum absolute atomic E-state index is 0.163. The van der Waals surface area contributed by atoms with Crippen LogP contribution in [0, 0.1) is 10.8 Å². The van der Waals surface area contributed by atoms with Crippen LogP contribution in [0.25, 0.3) is 0 Å². The van der Waals surface area contributed by atoms with Gasteiger partial charge in [-0.15, -0.1) is 0 Å². The van der Waals surface area contributed by atoms with Gasteiger partial charge < -0.3 is 29.3 Å². The highest BCUT2D eigenvalue weighted by Gasteiger charge is 2.24. The minimum Gasteiger partial charge on any atom is -0.588 e. The molecule has 0 saturated carbocycles. The van der Waals surface area contributed by atoms with Crippen molar-refractivity contribution in [2.75, 3.05) is 0 Å². The summed E-state index contributed by atoms with van der Waals surface area (Å²) in [5.74, 6) is -0.0354. The number of aliphatic hydroxyl groups is 2. The van der Waals surface area contributed by atoms with Crippen LogP contribution in [0.5, 0.6) is 11.5 Å². The average Bonchev–Trinajstić information content (AvgIpc) is 2.75. The van der Waals surface area contributed by atoms with E-state index in [0.29, 0.717) is 56.3 Å². The highest BCUT2D eigenvalue weighted by molar-refractivity contribution is 5.21. The third kappa shape index (κ3) is 8.99. The Morgan fingerprint density at radius 2 is 1.44 bits per heavy atom. The molecule has 190 valence electrons. The van der Waals surface area contributed by atoms with Gasteiger partial charge in [-0.05, 0) is 55.8 Å². The first-order valence-corrected chi connectivity index (χ1v) is 11.8. The molecule has 0 amide bonds. The summed E-state index contributed by atoms with van der Waals surface area (Å²) in [6.07, 6.45) is 6.86. The second-order valence-corrected chi connectivity index (χ2v) is 10.9. The molecule has 2 unspecified atom stereocenters. The lowest BCUT2D eigenvalue weighted by Crippen LogP contribution is -2.23. The van der Waals surface area contributed by atoms with Gasteiger partial charge in [0.2, 0.25) is 5.43 Å².